The first-order valence-electron chi connectivity index (χ1n) is 7.70. The molecule has 0 aliphatic heterocycles. The van der Waals surface area contributed by atoms with Crippen LogP contribution < -0.4 is 0 Å². The molecule has 0 spiro atoms. The molecule has 0 saturated heterocycles. The van der Waals surface area contributed by atoms with E-state index < -0.39 is 0 Å². The van der Waals surface area contributed by atoms with Crippen molar-refractivity contribution in [2.24, 2.45) is 0 Å². The monoisotopic (exact) mass is 300 g/mol. The average Bonchev–Trinajstić information content (AvgIpc) is 2.53. The van der Waals surface area contributed by atoms with Gasteiger partial charge in [0.2, 0.25) is 0 Å². The second-order valence-electron chi connectivity index (χ2n) is 6.06. The van der Waals surface area contributed by atoms with Crippen LogP contribution >= 0.6 is 11.6 Å². The molecule has 2 nitrogen and oxygen atoms in total. The van der Waals surface area contributed by atoms with Gasteiger partial charge in [-0.1, -0.05) is 61.2 Å². The van der Waals surface area contributed by atoms with Crippen molar-refractivity contribution in [2.75, 3.05) is 0 Å². The molecule has 1 saturated carbocycles. The molecule has 0 radical (unpaired) electrons. The van der Waals surface area contributed by atoms with Crippen LogP contribution in [0.1, 0.15) is 54.7 Å². The van der Waals surface area contributed by atoms with Gasteiger partial charge >= 0.3 is 0 Å². The molecule has 1 aromatic heterocycles. The van der Waals surface area contributed by atoms with E-state index in [0.29, 0.717) is 5.15 Å². The number of hydrogen-bond acceptors (Lipinski definition) is 2. The Bertz CT molecular complexity index is 608. The molecule has 1 aromatic carbocycles. The fraction of sp³-hybridized carbons (Fsp3) is 0.444. The summed E-state index contributed by atoms with van der Waals surface area (Å²) in [4.78, 5) is 9.47. The number of benzene rings is 1. The number of rotatable bonds is 2. The summed E-state index contributed by atoms with van der Waals surface area (Å²) in [6.07, 6.45) is 5.96. The molecule has 0 unspecified atom stereocenters. The highest BCUT2D eigenvalue weighted by atomic mass is 35.5. The number of nitrogens with zero attached hydrogens (tertiary/aromatic N) is 2. The summed E-state index contributed by atoms with van der Waals surface area (Å²) >= 11 is 6.34. The van der Waals surface area contributed by atoms with Gasteiger partial charge in [-0.2, -0.15) is 0 Å². The summed E-state index contributed by atoms with van der Waals surface area (Å²) in [6, 6.07) is 10.7. The molecule has 21 heavy (non-hydrogen) atoms. The van der Waals surface area contributed by atoms with Crippen molar-refractivity contribution in [3.63, 3.8) is 0 Å². The van der Waals surface area contributed by atoms with Crippen LogP contribution in [0.25, 0.3) is 0 Å². The Morgan fingerprint density at radius 1 is 0.952 bits per heavy atom. The van der Waals surface area contributed by atoms with Crippen molar-refractivity contribution >= 4 is 11.6 Å². The molecule has 1 aliphatic carbocycles. The topological polar surface area (TPSA) is 25.8 Å². The maximum absolute atomic E-state index is 6.34. The maximum atomic E-state index is 6.34. The van der Waals surface area contributed by atoms with Gasteiger partial charge in [-0.15, -0.1) is 0 Å². The lowest BCUT2D eigenvalue weighted by atomic mass is 9.68. The zero-order valence-corrected chi connectivity index (χ0v) is 13.5. The van der Waals surface area contributed by atoms with Crippen molar-refractivity contribution in [1.29, 1.82) is 0 Å². The first-order valence-corrected chi connectivity index (χ1v) is 8.08. The van der Waals surface area contributed by atoms with Crippen molar-refractivity contribution in [3.05, 3.63) is 58.1 Å². The number of aryl methyl sites for hydroxylation is 1. The highest BCUT2D eigenvalue weighted by Gasteiger charge is 2.38. The summed E-state index contributed by atoms with van der Waals surface area (Å²) in [5, 5.41) is 0.596. The Morgan fingerprint density at radius 3 is 2.24 bits per heavy atom. The number of aromatic nitrogens is 2. The van der Waals surface area contributed by atoms with Crippen LogP contribution in [-0.4, -0.2) is 9.97 Å². The minimum atomic E-state index is -0.0678. The van der Waals surface area contributed by atoms with Gasteiger partial charge in [0.15, 0.2) is 0 Å². The van der Waals surface area contributed by atoms with E-state index in [9.17, 15) is 0 Å². The summed E-state index contributed by atoms with van der Waals surface area (Å²) in [5.41, 5.74) is 3.23. The van der Waals surface area contributed by atoms with Crippen molar-refractivity contribution in [1.82, 2.24) is 9.97 Å². The van der Waals surface area contributed by atoms with E-state index in [0.717, 1.165) is 29.9 Å². The third-order valence-corrected chi connectivity index (χ3v) is 5.16. The Labute approximate surface area is 131 Å². The number of halogens is 1. The average molecular weight is 301 g/mol. The molecule has 0 N–H and O–H groups in total. The lowest BCUT2D eigenvalue weighted by Gasteiger charge is -2.36. The summed E-state index contributed by atoms with van der Waals surface area (Å²) in [6.45, 7) is 4.01. The minimum absolute atomic E-state index is 0.0678. The minimum Gasteiger partial charge on any atom is -0.237 e. The van der Waals surface area contributed by atoms with Crippen LogP contribution in [0.15, 0.2) is 30.3 Å². The second kappa shape index (κ2) is 5.76. The van der Waals surface area contributed by atoms with Gasteiger partial charge < -0.3 is 0 Å². The van der Waals surface area contributed by atoms with E-state index in [4.69, 9.17) is 16.6 Å². The molecule has 0 amide bonds. The van der Waals surface area contributed by atoms with Crippen LogP contribution in [0.3, 0.4) is 0 Å². The first-order chi connectivity index (χ1) is 10.1. The molecule has 110 valence electrons. The Balaban J connectivity index is 2.17. The molecule has 0 atom stereocenters. The van der Waals surface area contributed by atoms with Gasteiger partial charge in [0, 0.05) is 11.3 Å². The standard InChI is InChI=1S/C18H21ClN2/c1-13-14(2)20-17(21-16(13)19)18(11-7-4-8-12-18)15-9-5-3-6-10-15/h3,5-6,9-10H,4,7-8,11-12H2,1-2H3. The van der Waals surface area contributed by atoms with Gasteiger partial charge in [-0.25, -0.2) is 9.97 Å². The van der Waals surface area contributed by atoms with E-state index >= 15 is 0 Å². The lowest BCUT2D eigenvalue weighted by Crippen LogP contribution is -2.33. The Kier molecular flexibility index (Phi) is 3.99. The smallest absolute Gasteiger partial charge is 0.140 e. The van der Waals surface area contributed by atoms with Gasteiger partial charge in [0.25, 0.3) is 0 Å². The van der Waals surface area contributed by atoms with Gasteiger partial charge in [-0.3, -0.25) is 0 Å². The van der Waals surface area contributed by atoms with E-state index in [1.165, 1.54) is 24.8 Å². The third-order valence-electron chi connectivity index (χ3n) is 4.79. The third kappa shape index (κ3) is 2.57. The molecule has 3 heteroatoms. The van der Waals surface area contributed by atoms with Crippen molar-refractivity contribution in [3.8, 4) is 0 Å². The number of hydrogen-bond donors (Lipinski definition) is 0. The highest BCUT2D eigenvalue weighted by Crippen LogP contribution is 2.43. The lowest BCUT2D eigenvalue weighted by molar-refractivity contribution is 0.329. The first kappa shape index (κ1) is 14.5. The van der Waals surface area contributed by atoms with E-state index in [-0.39, 0.29) is 5.41 Å². The molecule has 2 aromatic rings. The fourth-order valence-electron chi connectivity index (χ4n) is 3.36. The molecule has 1 fully saturated rings. The molecular formula is C18H21ClN2. The van der Waals surface area contributed by atoms with Crippen LogP contribution in [-0.2, 0) is 5.41 Å². The molecule has 3 rings (SSSR count). The Hall–Kier alpha value is -1.41. The van der Waals surface area contributed by atoms with Gasteiger partial charge in [-0.05, 0) is 32.3 Å². The zero-order valence-electron chi connectivity index (χ0n) is 12.7. The van der Waals surface area contributed by atoms with Crippen molar-refractivity contribution < 1.29 is 0 Å². The second-order valence-corrected chi connectivity index (χ2v) is 6.42. The highest BCUT2D eigenvalue weighted by molar-refractivity contribution is 6.30. The quantitative estimate of drug-likeness (QED) is 0.730. The van der Waals surface area contributed by atoms with Crippen LogP contribution in [0.2, 0.25) is 5.15 Å². The molecule has 1 aliphatic rings. The molecular weight excluding hydrogens is 280 g/mol. The summed E-state index contributed by atoms with van der Waals surface area (Å²) in [5.74, 6) is 0.904. The summed E-state index contributed by atoms with van der Waals surface area (Å²) in [7, 11) is 0. The van der Waals surface area contributed by atoms with Gasteiger partial charge in [0.05, 0.1) is 5.41 Å². The van der Waals surface area contributed by atoms with Crippen molar-refractivity contribution in [2.45, 2.75) is 51.4 Å². The fourth-order valence-corrected chi connectivity index (χ4v) is 3.58. The van der Waals surface area contributed by atoms with Crippen LogP contribution in [0.5, 0.6) is 0 Å². The van der Waals surface area contributed by atoms with E-state index in [1.807, 2.05) is 13.8 Å². The predicted octanol–water partition coefficient (Wildman–Crippen LogP) is 5.00. The molecule has 1 heterocycles. The zero-order chi connectivity index (χ0) is 14.9. The van der Waals surface area contributed by atoms with Crippen LogP contribution in [0.4, 0.5) is 0 Å². The Morgan fingerprint density at radius 2 is 1.62 bits per heavy atom. The van der Waals surface area contributed by atoms with Crippen LogP contribution in [0, 0.1) is 13.8 Å². The largest absolute Gasteiger partial charge is 0.237 e. The maximum Gasteiger partial charge on any atom is 0.140 e. The normalized spacial score (nSPS) is 17.7. The SMILES string of the molecule is Cc1nc(C2(c3ccccc3)CCCCC2)nc(Cl)c1C. The predicted molar refractivity (Wildman–Crippen MR) is 86.8 cm³/mol. The molecule has 0 bridgehead atoms. The van der Waals surface area contributed by atoms with Gasteiger partial charge in [0.1, 0.15) is 11.0 Å². The van der Waals surface area contributed by atoms with E-state index in [1.54, 1.807) is 0 Å². The van der Waals surface area contributed by atoms with E-state index in [2.05, 4.69) is 35.3 Å². The summed E-state index contributed by atoms with van der Waals surface area (Å²) < 4.78 is 0.